The van der Waals surface area contributed by atoms with E-state index in [1.807, 2.05) is 35.9 Å². The number of hydrogen-bond donors (Lipinski definition) is 0. The van der Waals surface area contributed by atoms with E-state index in [9.17, 15) is 4.79 Å². The molecule has 4 nitrogen and oxygen atoms in total. The highest BCUT2D eigenvalue weighted by Gasteiger charge is 2.19. The van der Waals surface area contributed by atoms with Crippen molar-refractivity contribution in [1.29, 1.82) is 0 Å². The molecule has 0 radical (unpaired) electrons. The van der Waals surface area contributed by atoms with E-state index in [0.717, 1.165) is 21.4 Å². The number of nitrogens with zero attached hydrogens (tertiary/aromatic N) is 2. The average Bonchev–Trinajstić information content (AvgIpc) is 2.72. The fraction of sp³-hybridized carbons (Fsp3) is 0.375. The Morgan fingerprint density at radius 3 is 2.77 bits per heavy atom. The van der Waals surface area contributed by atoms with Crippen molar-refractivity contribution < 1.29 is 9.53 Å². The molecule has 0 aliphatic carbocycles. The molecule has 1 heterocycles. The molecule has 0 amide bonds. The maximum atomic E-state index is 11.0. The summed E-state index contributed by atoms with van der Waals surface area (Å²) in [5, 5.41) is 1.62. The van der Waals surface area contributed by atoms with E-state index in [1.165, 1.54) is 6.92 Å². The molecular formula is C16H19ClN2O2S. The first-order valence-electron chi connectivity index (χ1n) is 7.00. The summed E-state index contributed by atoms with van der Waals surface area (Å²) in [5.74, 6) is 0.742. The van der Waals surface area contributed by atoms with Gasteiger partial charge in [0, 0.05) is 23.9 Å². The number of carbonyl (C=O) groups is 1. The summed E-state index contributed by atoms with van der Waals surface area (Å²) in [7, 11) is 1.95. The zero-order chi connectivity index (χ0) is 16.3. The van der Waals surface area contributed by atoms with Gasteiger partial charge in [-0.2, -0.15) is 0 Å². The van der Waals surface area contributed by atoms with Gasteiger partial charge in [-0.3, -0.25) is 4.79 Å². The minimum atomic E-state index is -0.307. The molecule has 0 aliphatic heterocycles. The molecule has 0 saturated heterocycles. The second-order valence-electron chi connectivity index (χ2n) is 5.27. The smallest absolute Gasteiger partial charge is 0.303 e. The molecule has 0 bridgehead atoms. The maximum absolute atomic E-state index is 11.0. The summed E-state index contributed by atoms with van der Waals surface area (Å²) in [6, 6.07) is 7.68. The van der Waals surface area contributed by atoms with Crippen LogP contribution in [-0.2, 0) is 23.2 Å². The Bertz CT molecular complexity index is 683. The second kappa shape index (κ2) is 7.20. The minimum absolute atomic E-state index is 0.182. The fourth-order valence-electron chi connectivity index (χ4n) is 2.18. The number of aromatic nitrogens is 2. The van der Waals surface area contributed by atoms with Crippen LogP contribution in [0.2, 0.25) is 5.02 Å². The lowest BCUT2D eigenvalue weighted by atomic mass is 10.1. The zero-order valence-corrected chi connectivity index (χ0v) is 14.7. The molecule has 0 fully saturated rings. The summed E-state index contributed by atoms with van der Waals surface area (Å²) in [6.45, 7) is 5.82. The monoisotopic (exact) mass is 338 g/mol. The zero-order valence-electron chi connectivity index (χ0n) is 13.1. The van der Waals surface area contributed by atoms with Crippen LogP contribution in [0.3, 0.4) is 0 Å². The fourth-order valence-corrected chi connectivity index (χ4v) is 3.62. The molecule has 1 aromatic heterocycles. The van der Waals surface area contributed by atoms with Gasteiger partial charge in [-0.05, 0) is 24.1 Å². The van der Waals surface area contributed by atoms with Crippen LogP contribution >= 0.6 is 23.4 Å². The van der Waals surface area contributed by atoms with Gasteiger partial charge in [0.1, 0.15) is 17.5 Å². The van der Waals surface area contributed by atoms with E-state index in [1.54, 1.807) is 11.8 Å². The number of carbonyl (C=O) groups excluding carboxylic acids is 1. The minimum Gasteiger partial charge on any atom is -0.458 e. The molecule has 1 aromatic carbocycles. The molecule has 0 unspecified atom stereocenters. The first-order valence-corrected chi connectivity index (χ1v) is 8.20. The van der Waals surface area contributed by atoms with Crippen molar-refractivity contribution in [3.8, 4) is 0 Å². The van der Waals surface area contributed by atoms with E-state index in [0.29, 0.717) is 10.9 Å². The highest BCUT2D eigenvalue weighted by molar-refractivity contribution is 7.99. The van der Waals surface area contributed by atoms with Crippen LogP contribution in [0, 0.1) is 0 Å². The van der Waals surface area contributed by atoms with E-state index < -0.39 is 0 Å². The normalized spacial score (nSPS) is 11.0. The van der Waals surface area contributed by atoms with Gasteiger partial charge in [0.2, 0.25) is 0 Å². The topological polar surface area (TPSA) is 44.1 Å². The number of ether oxygens (including phenoxy) is 1. The summed E-state index contributed by atoms with van der Waals surface area (Å²) in [4.78, 5) is 16.7. The van der Waals surface area contributed by atoms with E-state index in [2.05, 4.69) is 18.8 Å². The standard InChI is InChI=1S/C16H19ClN2O2S/c1-10(2)15-16(22-13-7-5-6-12(17)8-13)18-14(19(15)4)9-21-11(3)20/h5-8,10H,9H2,1-4H3. The van der Waals surface area contributed by atoms with Crippen LogP contribution in [-0.4, -0.2) is 15.5 Å². The van der Waals surface area contributed by atoms with Gasteiger partial charge in [-0.15, -0.1) is 0 Å². The van der Waals surface area contributed by atoms with Gasteiger partial charge in [-0.25, -0.2) is 4.98 Å². The Morgan fingerprint density at radius 2 is 2.18 bits per heavy atom. The summed E-state index contributed by atoms with van der Waals surface area (Å²) < 4.78 is 7.07. The molecule has 0 spiro atoms. The molecular weight excluding hydrogens is 320 g/mol. The number of imidazole rings is 1. The summed E-state index contributed by atoms with van der Waals surface area (Å²) in [6.07, 6.45) is 0. The molecule has 0 N–H and O–H groups in total. The van der Waals surface area contributed by atoms with Crippen molar-refractivity contribution in [1.82, 2.24) is 9.55 Å². The van der Waals surface area contributed by atoms with Gasteiger partial charge in [0.05, 0.1) is 5.69 Å². The van der Waals surface area contributed by atoms with Crippen molar-refractivity contribution in [3.05, 3.63) is 40.8 Å². The highest BCUT2D eigenvalue weighted by Crippen LogP contribution is 2.34. The lowest BCUT2D eigenvalue weighted by Crippen LogP contribution is -2.07. The molecule has 6 heteroatoms. The number of benzene rings is 1. The number of hydrogen-bond acceptors (Lipinski definition) is 4. The first-order chi connectivity index (χ1) is 10.4. The third kappa shape index (κ3) is 4.05. The average molecular weight is 339 g/mol. The number of halogens is 1. The molecule has 118 valence electrons. The quantitative estimate of drug-likeness (QED) is 0.757. The van der Waals surface area contributed by atoms with Gasteiger partial charge < -0.3 is 9.30 Å². The Balaban J connectivity index is 2.33. The molecule has 0 aliphatic rings. The Labute approximate surface area is 139 Å². The summed E-state index contributed by atoms with van der Waals surface area (Å²) >= 11 is 7.61. The van der Waals surface area contributed by atoms with Crippen molar-refractivity contribution in [3.63, 3.8) is 0 Å². The van der Waals surface area contributed by atoms with Gasteiger partial charge in [0.15, 0.2) is 0 Å². The molecule has 0 saturated carbocycles. The van der Waals surface area contributed by atoms with Crippen LogP contribution < -0.4 is 0 Å². The first kappa shape index (κ1) is 16.9. The Kier molecular flexibility index (Phi) is 5.53. The van der Waals surface area contributed by atoms with Crippen molar-refractivity contribution in [2.24, 2.45) is 7.05 Å². The number of esters is 1. The maximum Gasteiger partial charge on any atom is 0.303 e. The Hall–Kier alpha value is -1.46. The highest BCUT2D eigenvalue weighted by atomic mass is 35.5. The molecule has 0 atom stereocenters. The predicted octanol–water partition coefficient (Wildman–Crippen LogP) is 4.41. The second-order valence-corrected chi connectivity index (χ2v) is 6.77. The lowest BCUT2D eigenvalue weighted by molar-refractivity contribution is -0.142. The van der Waals surface area contributed by atoms with Gasteiger partial charge in [0.25, 0.3) is 0 Å². The van der Waals surface area contributed by atoms with Crippen LogP contribution in [0.25, 0.3) is 0 Å². The molecule has 22 heavy (non-hydrogen) atoms. The van der Waals surface area contributed by atoms with E-state index >= 15 is 0 Å². The predicted molar refractivity (Wildman–Crippen MR) is 88.3 cm³/mol. The van der Waals surface area contributed by atoms with Gasteiger partial charge in [-0.1, -0.05) is 43.3 Å². The van der Waals surface area contributed by atoms with Crippen molar-refractivity contribution in [2.75, 3.05) is 0 Å². The van der Waals surface area contributed by atoms with Crippen molar-refractivity contribution >= 4 is 29.3 Å². The van der Waals surface area contributed by atoms with Crippen LogP contribution in [0.15, 0.2) is 34.2 Å². The third-order valence-electron chi connectivity index (χ3n) is 3.16. The molecule has 2 aromatic rings. The van der Waals surface area contributed by atoms with Crippen molar-refractivity contribution in [2.45, 2.75) is 43.2 Å². The van der Waals surface area contributed by atoms with E-state index in [4.69, 9.17) is 16.3 Å². The van der Waals surface area contributed by atoms with Crippen LogP contribution in [0.5, 0.6) is 0 Å². The SMILES string of the molecule is CC(=O)OCc1nc(Sc2cccc(Cl)c2)c(C(C)C)n1C. The number of rotatable bonds is 5. The Morgan fingerprint density at radius 1 is 1.45 bits per heavy atom. The molecule has 2 rings (SSSR count). The van der Waals surface area contributed by atoms with Crippen LogP contribution in [0.4, 0.5) is 0 Å². The van der Waals surface area contributed by atoms with E-state index in [-0.39, 0.29) is 12.6 Å². The lowest BCUT2D eigenvalue weighted by Gasteiger charge is -2.10. The third-order valence-corrected chi connectivity index (χ3v) is 4.38. The summed E-state index contributed by atoms with van der Waals surface area (Å²) in [5.41, 5.74) is 1.12. The largest absolute Gasteiger partial charge is 0.458 e. The van der Waals surface area contributed by atoms with Gasteiger partial charge >= 0.3 is 5.97 Å². The van der Waals surface area contributed by atoms with Crippen LogP contribution in [0.1, 0.15) is 38.2 Å².